The third-order valence-electron chi connectivity index (χ3n) is 5.10. The van der Waals surface area contributed by atoms with E-state index in [0.717, 1.165) is 16.8 Å². The summed E-state index contributed by atoms with van der Waals surface area (Å²) in [4.78, 5) is 32.8. The summed E-state index contributed by atoms with van der Waals surface area (Å²) in [6.07, 6.45) is 1.68. The highest BCUT2D eigenvalue weighted by molar-refractivity contribution is 7.15. The van der Waals surface area contributed by atoms with Crippen molar-refractivity contribution in [3.05, 3.63) is 81.6 Å². The van der Waals surface area contributed by atoms with Crippen LogP contribution >= 0.6 is 11.3 Å². The molecule has 0 fully saturated rings. The van der Waals surface area contributed by atoms with Crippen molar-refractivity contribution in [2.75, 3.05) is 18.1 Å². The standard InChI is InChI=1S/C23H18N4O3S/c1-3-13-30-15-11-9-14(10-12-15)20-24-23-27(25-20)22(29)19(31-23)18-16-7-5-6-8-17(16)26(4-2)21(18)28/h3,5-12H,1,4,13H2,2H3. The van der Waals surface area contributed by atoms with E-state index in [1.54, 1.807) is 11.0 Å². The molecule has 7 nitrogen and oxygen atoms in total. The lowest BCUT2D eigenvalue weighted by Gasteiger charge is -2.13. The molecule has 0 bridgehead atoms. The second-order valence-electron chi connectivity index (χ2n) is 6.93. The number of hydrogen-bond donors (Lipinski definition) is 0. The first-order valence-corrected chi connectivity index (χ1v) is 10.6. The van der Waals surface area contributed by atoms with Gasteiger partial charge in [-0.3, -0.25) is 9.59 Å². The fraction of sp³-hybridized carbons (Fsp3) is 0.130. The molecule has 1 aliphatic heterocycles. The van der Waals surface area contributed by atoms with Crippen molar-refractivity contribution in [3.63, 3.8) is 0 Å². The molecular weight excluding hydrogens is 412 g/mol. The Balaban J connectivity index is 1.60. The first-order chi connectivity index (χ1) is 15.1. The highest BCUT2D eigenvalue weighted by Gasteiger charge is 2.33. The molecule has 0 atom stereocenters. The number of nitrogens with zero attached hydrogens (tertiary/aromatic N) is 4. The number of para-hydroxylation sites is 1. The normalized spacial score (nSPS) is 14.9. The fourth-order valence-corrected chi connectivity index (χ4v) is 4.67. The van der Waals surface area contributed by atoms with E-state index in [9.17, 15) is 9.59 Å². The van der Waals surface area contributed by atoms with Crippen LogP contribution in [-0.4, -0.2) is 33.7 Å². The van der Waals surface area contributed by atoms with Crippen molar-refractivity contribution in [1.82, 2.24) is 14.6 Å². The van der Waals surface area contributed by atoms with Crippen molar-refractivity contribution in [2.24, 2.45) is 0 Å². The zero-order valence-electron chi connectivity index (χ0n) is 16.7. The average molecular weight is 430 g/mol. The molecule has 154 valence electrons. The van der Waals surface area contributed by atoms with Gasteiger partial charge in [-0.1, -0.05) is 42.2 Å². The Kier molecular flexibility index (Phi) is 4.63. The zero-order valence-corrected chi connectivity index (χ0v) is 17.6. The molecule has 8 heteroatoms. The van der Waals surface area contributed by atoms with Crippen molar-refractivity contribution >= 4 is 33.5 Å². The summed E-state index contributed by atoms with van der Waals surface area (Å²) in [5.74, 6) is 0.996. The van der Waals surface area contributed by atoms with E-state index in [1.807, 2.05) is 55.5 Å². The largest absolute Gasteiger partial charge is 0.490 e. The topological polar surface area (TPSA) is 76.8 Å². The molecule has 2 aromatic heterocycles. The Labute approximate surface area is 181 Å². The van der Waals surface area contributed by atoms with Crippen LogP contribution < -0.4 is 19.7 Å². The van der Waals surface area contributed by atoms with Gasteiger partial charge in [-0.05, 0) is 37.3 Å². The predicted molar refractivity (Wildman–Crippen MR) is 120 cm³/mol. The maximum absolute atomic E-state index is 13.1. The number of aromatic nitrogens is 3. The van der Waals surface area contributed by atoms with Gasteiger partial charge in [-0.15, -0.1) is 5.10 Å². The van der Waals surface area contributed by atoms with Crippen LogP contribution in [0.15, 0.2) is 66.0 Å². The van der Waals surface area contributed by atoms with Gasteiger partial charge in [0.1, 0.15) is 16.9 Å². The fourth-order valence-electron chi connectivity index (χ4n) is 3.68. The minimum absolute atomic E-state index is 0.166. The Morgan fingerprint density at radius 3 is 2.61 bits per heavy atom. The molecule has 1 amide bonds. The van der Waals surface area contributed by atoms with Crippen LogP contribution in [0.25, 0.3) is 21.9 Å². The predicted octanol–water partition coefficient (Wildman–Crippen LogP) is 2.67. The number of carbonyl (C=O) groups excluding carboxylic acids is 1. The summed E-state index contributed by atoms with van der Waals surface area (Å²) in [6.45, 7) is 6.50. The van der Waals surface area contributed by atoms with E-state index in [-0.39, 0.29) is 11.5 Å². The highest BCUT2D eigenvalue weighted by Crippen LogP contribution is 2.34. The van der Waals surface area contributed by atoms with E-state index in [1.165, 1.54) is 15.9 Å². The molecule has 1 aliphatic rings. The summed E-state index contributed by atoms with van der Waals surface area (Å²) in [5, 5.41) is 4.39. The third kappa shape index (κ3) is 3.03. The van der Waals surface area contributed by atoms with Gasteiger partial charge in [0.25, 0.3) is 11.5 Å². The minimum atomic E-state index is -0.333. The smallest absolute Gasteiger partial charge is 0.291 e. The van der Waals surface area contributed by atoms with Gasteiger partial charge in [0.05, 0.1) is 11.3 Å². The first kappa shape index (κ1) is 19.2. The summed E-state index contributed by atoms with van der Waals surface area (Å²) < 4.78 is 7.12. The van der Waals surface area contributed by atoms with Crippen LogP contribution in [0.4, 0.5) is 5.69 Å². The first-order valence-electron chi connectivity index (χ1n) is 9.81. The quantitative estimate of drug-likeness (QED) is 0.455. The number of fused-ring (bicyclic) bond motifs is 2. The second-order valence-corrected chi connectivity index (χ2v) is 7.91. The van der Waals surface area contributed by atoms with Gasteiger partial charge in [-0.2, -0.15) is 9.50 Å². The van der Waals surface area contributed by atoms with Gasteiger partial charge in [0, 0.05) is 17.7 Å². The number of rotatable bonds is 5. The number of ether oxygens (including phenoxy) is 1. The Morgan fingerprint density at radius 1 is 1.13 bits per heavy atom. The van der Waals surface area contributed by atoms with Crippen molar-refractivity contribution in [2.45, 2.75) is 6.92 Å². The Hall–Kier alpha value is -3.78. The van der Waals surface area contributed by atoms with E-state index in [4.69, 9.17) is 4.74 Å². The number of carbonyl (C=O) groups is 1. The van der Waals surface area contributed by atoms with E-state index < -0.39 is 0 Å². The maximum atomic E-state index is 13.1. The number of benzene rings is 2. The van der Waals surface area contributed by atoms with Gasteiger partial charge in [0.2, 0.25) is 4.96 Å². The highest BCUT2D eigenvalue weighted by atomic mass is 32.1. The number of amides is 1. The SMILES string of the molecule is C=CCOc1ccc(-c2nc3sc(=C4C(=O)N(CC)c5ccccc54)c(=O)n3n2)cc1. The molecule has 0 spiro atoms. The minimum Gasteiger partial charge on any atom is -0.490 e. The lowest BCUT2D eigenvalue weighted by atomic mass is 10.1. The van der Waals surface area contributed by atoms with Crippen LogP contribution in [0.3, 0.4) is 0 Å². The molecule has 4 aromatic rings. The molecular formula is C23H18N4O3S. The van der Waals surface area contributed by atoms with Crippen molar-refractivity contribution in [1.29, 1.82) is 0 Å². The van der Waals surface area contributed by atoms with Crippen molar-refractivity contribution in [3.8, 4) is 17.1 Å². The molecule has 0 N–H and O–H groups in total. The molecule has 0 radical (unpaired) electrons. The second kappa shape index (κ2) is 7.48. The lowest BCUT2D eigenvalue weighted by Crippen LogP contribution is -2.32. The monoisotopic (exact) mass is 430 g/mol. The van der Waals surface area contributed by atoms with Crippen LogP contribution in [0.2, 0.25) is 0 Å². The number of hydrogen-bond acceptors (Lipinski definition) is 6. The molecule has 3 heterocycles. The molecule has 0 saturated heterocycles. The Bertz CT molecular complexity index is 1440. The Morgan fingerprint density at radius 2 is 1.90 bits per heavy atom. The molecule has 31 heavy (non-hydrogen) atoms. The summed E-state index contributed by atoms with van der Waals surface area (Å²) in [7, 11) is 0. The molecule has 0 aliphatic carbocycles. The van der Waals surface area contributed by atoms with E-state index in [2.05, 4.69) is 16.7 Å². The summed E-state index contributed by atoms with van der Waals surface area (Å²) in [6, 6.07) is 14.8. The summed E-state index contributed by atoms with van der Waals surface area (Å²) >= 11 is 1.19. The van der Waals surface area contributed by atoms with Gasteiger partial charge in [-0.25, -0.2) is 0 Å². The average Bonchev–Trinajstić information content (AvgIpc) is 3.42. The van der Waals surface area contributed by atoms with Crippen LogP contribution in [0, 0.1) is 0 Å². The molecule has 0 saturated carbocycles. The van der Waals surface area contributed by atoms with Gasteiger partial charge in [0.15, 0.2) is 5.82 Å². The number of likely N-dealkylation sites (N-methyl/N-ethyl adjacent to an activating group) is 1. The lowest BCUT2D eigenvalue weighted by molar-refractivity contribution is -0.113. The van der Waals surface area contributed by atoms with E-state index >= 15 is 0 Å². The van der Waals surface area contributed by atoms with Gasteiger partial charge >= 0.3 is 0 Å². The van der Waals surface area contributed by atoms with Gasteiger partial charge < -0.3 is 9.64 Å². The van der Waals surface area contributed by atoms with Crippen LogP contribution in [0.1, 0.15) is 12.5 Å². The maximum Gasteiger partial charge on any atom is 0.291 e. The zero-order chi connectivity index (χ0) is 21.5. The van der Waals surface area contributed by atoms with E-state index in [0.29, 0.717) is 39.8 Å². The molecule has 0 unspecified atom stereocenters. The third-order valence-corrected chi connectivity index (χ3v) is 6.13. The number of thiazole rings is 1. The van der Waals surface area contributed by atoms with Crippen LogP contribution in [0.5, 0.6) is 5.75 Å². The molecule has 2 aromatic carbocycles. The molecule has 5 rings (SSSR count). The number of anilines is 1. The van der Waals surface area contributed by atoms with Crippen LogP contribution in [-0.2, 0) is 4.79 Å². The summed E-state index contributed by atoms with van der Waals surface area (Å²) in [5.41, 5.74) is 2.45. The van der Waals surface area contributed by atoms with Crippen molar-refractivity contribution < 1.29 is 9.53 Å².